The Morgan fingerprint density at radius 2 is 2.05 bits per heavy atom. The lowest BCUT2D eigenvalue weighted by Gasteiger charge is -2.50. The third kappa shape index (κ3) is 4.94. The molecule has 6 rings (SSSR count). The van der Waals surface area contributed by atoms with E-state index in [0.29, 0.717) is 11.2 Å². The molecular formula is C30H42N8O4. The number of imidazole rings is 2. The maximum atomic E-state index is 12.0. The number of nitrogens with one attached hydrogen (secondary N) is 1. The van der Waals surface area contributed by atoms with Crippen LogP contribution >= 0.6 is 0 Å². The van der Waals surface area contributed by atoms with Crippen molar-refractivity contribution in [2.75, 3.05) is 12.3 Å². The number of rotatable bonds is 8. The SMILES string of the molecule is CC1OCC(O)(n2cnc3c(N)ncnc32)C1OC1C(CCc2nc3ccc(C(C)(C)C)cc3[nH]2)CC1N(O)C(C)C. The number of nitrogen functional groups attached to an aromatic ring is 1. The standard InChI is InChI=1S/C30H42N8O4/c1-16(2)38(40)22-11-18(7-10-23-35-20-9-8-19(29(4,5)6)12-21(20)36-23)25(22)42-26-17(3)41-13-30(26,39)37-15-34-24-27(31)32-14-33-28(24)37/h8-9,12,14-18,22,25-26,39-40H,7,10-11,13H2,1-6H3,(H,35,36)(H2,31,32,33). The maximum Gasteiger partial charge on any atom is 0.197 e. The first kappa shape index (κ1) is 28.9. The number of hydrogen-bond acceptors (Lipinski definition) is 10. The molecule has 4 aromatic rings. The van der Waals surface area contributed by atoms with Gasteiger partial charge in [0.2, 0.25) is 0 Å². The predicted octanol–water partition coefficient (Wildman–Crippen LogP) is 3.52. The average Bonchev–Trinajstić information content (AvgIpc) is 3.62. The average molecular weight is 579 g/mol. The fraction of sp³-hybridized carbons (Fsp3) is 0.600. The number of aromatic amines is 1. The fourth-order valence-corrected chi connectivity index (χ4v) is 6.32. The molecule has 6 unspecified atom stereocenters. The van der Waals surface area contributed by atoms with Crippen LogP contribution in [-0.2, 0) is 27.0 Å². The largest absolute Gasteiger partial charge is 0.382 e. The lowest BCUT2D eigenvalue weighted by Crippen LogP contribution is -2.61. The first-order valence-electron chi connectivity index (χ1n) is 14.8. The van der Waals surface area contributed by atoms with E-state index in [1.165, 1.54) is 23.3 Å². The fourth-order valence-electron chi connectivity index (χ4n) is 6.32. The molecular weight excluding hydrogens is 536 g/mol. The minimum atomic E-state index is -1.57. The molecule has 12 heteroatoms. The topological polar surface area (TPSA) is 160 Å². The van der Waals surface area contributed by atoms with Crippen molar-refractivity contribution in [3.63, 3.8) is 0 Å². The molecule has 6 atom stereocenters. The molecule has 4 heterocycles. The van der Waals surface area contributed by atoms with E-state index in [4.69, 9.17) is 20.2 Å². The van der Waals surface area contributed by atoms with E-state index in [9.17, 15) is 10.3 Å². The Morgan fingerprint density at radius 1 is 1.26 bits per heavy atom. The first-order chi connectivity index (χ1) is 19.9. The molecule has 2 aliphatic rings. The summed E-state index contributed by atoms with van der Waals surface area (Å²) in [4.78, 5) is 21.0. The quantitative estimate of drug-likeness (QED) is 0.228. The van der Waals surface area contributed by atoms with Crippen molar-refractivity contribution in [2.24, 2.45) is 5.92 Å². The second-order valence-electron chi connectivity index (χ2n) is 13.2. The van der Waals surface area contributed by atoms with Crippen molar-refractivity contribution in [1.82, 2.24) is 34.6 Å². The van der Waals surface area contributed by atoms with Crippen molar-refractivity contribution in [3.8, 4) is 0 Å². The minimum absolute atomic E-state index is 0.00118. The number of H-pyrrole nitrogens is 1. The highest BCUT2D eigenvalue weighted by Crippen LogP contribution is 2.43. The zero-order valence-corrected chi connectivity index (χ0v) is 25.2. The first-order valence-corrected chi connectivity index (χ1v) is 14.8. The Morgan fingerprint density at radius 3 is 2.79 bits per heavy atom. The van der Waals surface area contributed by atoms with E-state index in [1.54, 1.807) is 4.57 Å². The Balaban J connectivity index is 1.23. The van der Waals surface area contributed by atoms with Crippen LogP contribution in [0.15, 0.2) is 30.9 Å². The molecule has 1 aliphatic carbocycles. The Kier molecular flexibility index (Phi) is 7.25. The molecule has 1 aromatic carbocycles. The normalized spacial score (nSPS) is 28.4. The van der Waals surface area contributed by atoms with Gasteiger partial charge in [0, 0.05) is 12.5 Å². The van der Waals surface area contributed by atoms with Crippen LogP contribution in [0.1, 0.15) is 65.8 Å². The lowest BCUT2D eigenvalue weighted by molar-refractivity contribution is -0.263. The van der Waals surface area contributed by atoms with E-state index in [1.807, 2.05) is 20.8 Å². The number of hydroxylamine groups is 2. The van der Waals surface area contributed by atoms with Crippen LogP contribution in [0.2, 0.25) is 0 Å². The molecule has 0 spiro atoms. The maximum absolute atomic E-state index is 12.0. The molecule has 12 nitrogen and oxygen atoms in total. The van der Waals surface area contributed by atoms with Crippen LogP contribution in [0.25, 0.3) is 22.2 Å². The van der Waals surface area contributed by atoms with Gasteiger partial charge in [-0.1, -0.05) is 26.8 Å². The van der Waals surface area contributed by atoms with Gasteiger partial charge < -0.3 is 30.5 Å². The number of fused-ring (bicyclic) bond motifs is 2. The van der Waals surface area contributed by atoms with Crippen LogP contribution in [0.3, 0.4) is 0 Å². The zero-order chi connectivity index (χ0) is 30.0. The van der Waals surface area contributed by atoms with Crippen LogP contribution < -0.4 is 5.73 Å². The molecule has 42 heavy (non-hydrogen) atoms. The Labute approximate surface area is 245 Å². The summed E-state index contributed by atoms with van der Waals surface area (Å²) >= 11 is 0. The monoisotopic (exact) mass is 578 g/mol. The molecule has 3 aromatic heterocycles. The number of anilines is 1. The van der Waals surface area contributed by atoms with E-state index < -0.39 is 17.9 Å². The van der Waals surface area contributed by atoms with Gasteiger partial charge in [-0.25, -0.2) is 19.9 Å². The van der Waals surface area contributed by atoms with Crippen molar-refractivity contribution in [3.05, 3.63) is 42.2 Å². The second-order valence-corrected chi connectivity index (χ2v) is 13.2. The molecule has 1 saturated carbocycles. The zero-order valence-electron chi connectivity index (χ0n) is 25.2. The van der Waals surface area contributed by atoms with Gasteiger partial charge in [0.1, 0.15) is 23.8 Å². The van der Waals surface area contributed by atoms with Gasteiger partial charge >= 0.3 is 0 Å². The third-order valence-corrected chi connectivity index (χ3v) is 8.93. The molecule has 1 aliphatic heterocycles. The summed E-state index contributed by atoms with van der Waals surface area (Å²) in [6.45, 7) is 12.4. The number of nitrogens with zero attached hydrogens (tertiary/aromatic N) is 6. The van der Waals surface area contributed by atoms with Gasteiger partial charge in [0.15, 0.2) is 17.2 Å². The summed E-state index contributed by atoms with van der Waals surface area (Å²) in [5.74, 6) is 1.31. The van der Waals surface area contributed by atoms with E-state index in [-0.39, 0.29) is 41.9 Å². The minimum Gasteiger partial charge on any atom is -0.382 e. The van der Waals surface area contributed by atoms with Crippen LogP contribution in [0.4, 0.5) is 5.82 Å². The Hall–Kier alpha value is -3.16. The number of hydrogen-bond donors (Lipinski definition) is 4. The van der Waals surface area contributed by atoms with Gasteiger partial charge in [-0.05, 0) is 62.6 Å². The van der Waals surface area contributed by atoms with Crippen LogP contribution in [-0.4, -0.2) is 81.9 Å². The summed E-state index contributed by atoms with van der Waals surface area (Å²) < 4.78 is 14.2. The van der Waals surface area contributed by atoms with Crippen LogP contribution in [0.5, 0.6) is 0 Å². The van der Waals surface area contributed by atoms with Gasteiger partial charge in [-0.3, -0.25) is 4.57 Å². The molecule has 1 saturated heterocycles. The molecule has 0 radical (unpaired) electrons. The van der Waals surface area contributed by atoms with Gasteiger partial charge in [-0.15, -0.1) is 0 Å². The van der Waals surface area contributed by atoms with Gasteiger partial charge in [0.05, 0.1) is 42.2 Å². The van der Waals surface area contributed by atoms with Crippen molar-refractivity contribution >= 4 is 28.0 Å². The molecule has 0 bridgehead atoms. The number of benzene rings is 1. The highest BCUT2D eigenvalue weighted by molar-refractivity contribution is 5.81. The van der Waals surface area contributed by atoms with Crippen molar-refractivity contribution in [1.29, 1.82) is 0 Å². The highest BCUT2D eigenvalue weighted by atomic mass is 16.6. The van der Waals surface area contributed by atoms with E-state index >= 15 is 0 Å². The van der Waals surface area contributed by atoms with Crippen LogP contribution in [0, 0.1) is 5.92 Å². The number of ether oxygens (including phenoxy) is 2. The molecule has 5 N–H and O–H groups in total. The smallest absolute Gasteiger partial charge is 0.197 e. The second kappa shape index (κ2) is 10.5. The number of aryl methyl sites for hydroxylation is 1. The number of aliphatic hydroxyl groups is 1. The van der Waals surface area contributed by atoms with E-state index in [2.05, 4.69) is 58.9 Å². The summed E-state index contributed by atoms with van der Waals surface area (Å²) in [5.41, 5.74) is 8.56. The third-order valence-electron chi connectivity index (χ3n) is 8.93. The van der Waals surface area contributed by atoms with Gasteiger partial charge in [-0.2, -0.15) is 5.06 Å². The summed E-state index contributed by atoms with van der Waals surface area (Å²) in [6, 6.07) is 6.11. The van der Waals surface area contributed by atoms with Crippen molar-refractivity contribution < 1.29 is 19.8 Å². The van der Waals surface area contributed by atoms with E-state index in [0.717, 1.165) is 36.1 Å². The molecule has 0 amide bonds. The lowest BCUT2D eigenvalue weighted by atomic mass is 9.73. The molecule has 226 valence electrons. The molecule has 2 fully saturated rings. The number of nitrogens with two attached hydrogens (primary N) is 1. The summed E-state index contributed by atoms with van der Waals surface area (Å²) in [5, 5.41) is 24.3. The summed E-state index contributed by atoms with van der Waals surface area (Å²) in [6.07, 6.45) is 3.71. The highest BCUT2D eigenvalue weighted by Gasteiger charge is 2.55. The summed E-state index contributed by atoms with van der Waals surface area (Å²) in [7, 11) is 0. The number of aromatic nitrogens is 6. The predicted molar refractivity (Wildman–Crippen MR) is 158 cm³/mol. The van der Waals surface area contributed by atoms with Gasteiger partial charge in [0.25, 0.3) is 0 Å². The Bertz CT molecular complexity index is 1580. The van der Waals surface area contributed by atoms with Crippen molar-refractivity contribution in [2.45, 2.75) is 102 Å².